The molecular weight excluding hydrogens is 336 g/mol. The summed E-state index contributed by atoms with van der Waals surface area (Å²) >= 11 is 0. The Morgan fingerprint density at radius 3 is 1.00 bits per heavy atom. The summed E-state index contributed by atoms with van der Waals surface area (Å²) in [4.78, 5) is 43.1. The molecule has 130 valence electrons. The largest absolute Gasteiger partial charge is 0.508 e. The van der Waals surface area contributed by atoms with E-state index in [2.05, 4.69) is 0 Å². The van der Waals surface area contributed by atoms with Crippen molar-refractivity contribution in [3.05, 3.63) is 64.7 Å². The van der Waals surface area contributed by atoms with Crippen LogP contribution in [0.25, 0.3) is 0 Å². The van der Waals surface area contributed by atoms with Gasteiger partial charge in [0, 0.05) is 0 Å². The number of phenolic OH excluding ortho intramolecular Hbond substituents is 1. The highest BCUT2D eigenvalue weighted by molar-refractivity contribution is 6.09. The van der Waals surface area contributed by atoms with Gasteiger partial charge in [-0.2, -0.15) is 0 Å². The van der Waals surface area contributed by atoms with E-state index >= 15 is 0 Å². The first-order valence-electron chi connectivity index (χ1n) is 6.50. The van der Waals surface area contributed by atoms with Gasteiger partial charge in [0.15, 0.2) is 0 Å². The van der Waals surface area contributed by atoms with E-state index in [9.17, 15) is 19.2 Å². The Morgan fingerprint density at radius 2 is 0.840 bits per heavy atom. The summed E-state index contributed by atoms with van der Waals surface area (Å²) in [5.74, 6) is -6.32. The summed E-state index contributed by atoms with van der Waals surface area (Å²) < 4.78 is 0. The van der Waals surface area contributed by atoms with Gasteiger partial charge in [0.05, 0.1) is 22.3 Å². The zero-order chi connectivity index (χ0) is 19.1. The normalized spacial score (nSPS) is 9.44. The summed E-state index contributed by atoms with van der Waals surface area (Å²) in [6.07, 6.45) is 0. The van der Waals surface area contributed by atoms with Crippen LogP contribution in [0.15, 0.2) is 42.5 Å². The lowest BCUT2D eigenvalue weighted by molar-refractivity contribution is 0.0637. The van der Waals surface area contributed by atoms with Crippen LogP contribution in [0.5, 0.6) is 5.75 Å². The van der Waals surface area contributed by atoms with Crippen LogP contribution >= 0.6 is 0 Å². The van der Waals surface area contributed by atoms with E-state index in [0.29, 0.717) is 17.9 Å². The second-order valence-corrected chi connectivity index (χ2v) is 4.50. The van der Waals surface area contributed by atoms with E-state index in [1.54, 1.807) is 24.3 Å². The molecule has 25 heavy (non-hydrogen) atoms. The highest BCUT2D eigenvalue weighted by atomic mass is 16.4. The van der Waals surface area contributed by atoms with Crippen molar-refractivity contribution < 1.29 is 44.7 Å². The van der Waals surface area contributed by atoms with Gasteiger partial charge in [-0.1, -0.05) is 18.2 Å². The first-order chi connectivity index (χ1) is 11.6. The van der Waals surface area contributed by atoms with Crippen molar-refractivity contribution in [2.45, 2.75) is 0 Å². The van der Waals surface area contributed by atoms with Gasteiger partial charge in [-0.3, -0.25) is 0 Å². The van der Waals surface area contributed by atoms with E-state index in [0.717, 1.165) is 0 Å². The molecule has 0 unspecified atom stereocenters. The Hall–Kier alpha value is -3.88. The first kappa shape index (κ1) is 19.2. The molecule has 0 aliphatic heterocycles. The number of benzene rings is 2. The summed E-state index contributed by atoms with van der Waals surface area (Å²) in [7, 11) is 0. The topological polar surface area (TPSA) is 169 Å². The van der Waals surface area contributed by atoms with Gasteiger partial charge in [0.1, 0.15) is 5.75 Å². The molecule has 0 spiro atoms. The van der Waals surface area contributed by atoms with Crippen molar-refractivity contribution >= 4 is 23.9 Å². The minimum atomic E-state index is -1.66. The maximum atomic E-state index is 10.8. The number of aromatic hydroxyl groups is 1. The lowest BCUT2D eigenvalue weighted by Gasteiger charge is -2.06. The maximum absolute atomic E-state index is 10.8. The van der Waals surface area contributed by atoms with Crippen LogP contribution < -0.4 is 0 Å². The summed E-state index contributed by atoms with van der Waals surface area (Å²) in [5.41, 5.74) is -3.15. The molecule has 0 atom stereocenters. The van der Waals surface area contributed by atoms with Crippen LogP contribution in [-0.4, -0.2) is 49.4 Å². The highest BCUT2D eigenvalue weighted by Crippen LogP contribution is 2.18. The van der Waals surface area contributed by atoms with E-state index in [-0.39, 0.29) is 0 Å². The van der Waals surface area contributed by atoms with Crippen molar-refractivity contribution in [3.63, 3.8) is 0 Å². The number of para-hydroxylation sites is 1. The van der Waals surface area contributed by atoms with Crippen LogP contribution in [-0.2, 0) is 0 Å². The molecule has 0 bridgehead atoms. The smallest absolute Gasteiger partial charge is 0.336 e. The van der Waals surface area contributed by atoms with Crippen LogP contribution in [0, 0.1) is 0 Å². The molecule has 0 fully saturated rings. The van der Waals surface area contributed by atoms with Gasteiger partial charge in [-0.25, -0.2) is 19.2 Å². The SMILES string of the molecule is O=C(O)c1cc(C(=O)O)c(C(=O)O)cc1C(=O)O.Oc1ccccc1. The monoisotopic (exact) mass is 348 g/mol. The third-order valence-electron chi connectivity index (χ3n) is 2.84. The zero-order valence-corrected chi connectivity index (χ0v) is 12.4. The minimum Gasteiger partial charge on any atom is -0.508 e. The summed E-state index contributed by atoms with van der Waals surface area (Å²) in [6, 6.07) is 9.74. The molecule has 0 aromatic heterocycles. The molecule has 0 aliphatic rings. The maximum Gasteiger partial charge on any atom is 0.336 e. The fraction of sp³-hybridized carbons (Fsp3) is 0. The van der Waals surface area contributed by atoms with E-state index in [1.165, 1.54) is 0 Å². The zero-order valence-electron chi connectivity index (χ0n) is 12.4. The van der Waals surface area contributed by atoms with Gasteiger partial charge < -0.3 is 25.5 Å². The molecule has 9 heteroatoms. The Balaban J connectivity index is 0.000000370. The van der Waals surface area contributed by atoms with Gasteiger partial charge in [0.2, 0.25) is 0 Å². The third kappa shape index (κ3) is 5.06. The predicted molar refractivity (Wildman–Crippen MR) is 82.4 cm³/mol. The Bertz CT molecular complexity index is 727. The molecule has 0 amide bonds. The molecule has 0 radical (unpaired) electrons. The van der Waals surface area contributed by atoms with Crippen LogP contribution in [0.4, 0.5) is 0 Å². The second-order valence-electron chi connectivity index (χ2n) is 4.50. The molecule has 5 N–H and O–H groups in total. The van der Waals surface area contributed by atoms with Crippen molar-refractivity contribution in [1.29, 1.82) is 0 Å². The number of aromatic carboxylic acids is 4. The Kier molecular flexibility index (Phi) is 6.22. The Morgan fingerprint density at radius 1 is 0.560 bits per heavy atom. The van der Waals surface area contributed by atoms with E-state index < -0.39 is 46.1 Å². The summed E-state index contributed by atoms with van der Waals surface area (Å²) in [6.45, 7) is 0. The first-order valence-corrected chi connectivity index (χ1v) is 6.50. The van der Waals surface area contributed by atoms with Crippen LogP contribution in [0.3, 0.4) is 0 Å². The molecule has 0 saturated heterocycles. The molecule has 0 heterocycles. The quantitative estimate of drug-likeness (QED) is 0.553. The number of hydrogen-bond acceptors (Lipinski definition) is 5. The number of carboxylic acids is 4. The second kappa shape index (κ2) is 8.11. The average molecular weight is 348 g/mol. The fourth-order valence-electron chi connectivity index (χ4n) is 1.74. The molecule has 0 saturated carbocycles. The van der Waals surface area contributed by atoms with Crippen molar-refractivity contribution in [2.75, 3.05) is 0 Å². The van der Waals surface area contributed by atoms with Gasteiger partial charge >= 0.3 is 23.9 Å². The average Bonchev–Trinajstić information content (AvgIpc) is 2.54. The molecule has 0 aliphatic carbocycles. The Labute approximate surface area is 140 Å². The molecule has 2 rings (SSSR count). The van der Waals surface area contributed by atoms with Crippen molar-refractivity contribution in [3.8, 4) is 5.75 Å². The number of carboxylic acid groups (broad SMARTS) is 4. The lowest BCUT2D eigenvalue weighted by Crippen LogP contribution is -2.15. The lowest BCUT2D eigenvalue weighted by atomic mass is 9.98. The van der Waals surface area contributed by atoms with Crippen molar-refractivity contribution in [2.24, 2.45) is 0 Å². The standard InChI is InChI=1S/C10H6O8.C6H6O/c11-7(12)3-1-4(8(13)14)6(10(17)18)2-5(3)9(15)16;7-6-4-2-1-3-5-6/h1-2H,(H,11,12)(H,13,14)(H,15,16)(H,17,18);1-5,7H. The molecule has 2 aromatic rings. The number of phenols is 1. The van der Waals surface area contributed by atoms with Gasteiger partial charge in [0.25, 0.3) is 0 Å². The van der Waals surface area contributed by atoms with E-state index in [4.69, 9.17) is 25.5 Å². The minimum absolute atomic E-state index is 0.322. The van der Waals surface area contributed by atoms with Crippen molar-refractivity contribution in [1.82, 2.24) is 0 Å². The third-order valence-corrected chi connectivity index (χ3v) is 2.84. The fourth-order valence-corrected chi connectivity index (χ4v) is 1.74. The van der Waals surface area contributed by atoms with Crippen LogP contribution in [0.1, 0.15) is 41.4 Å². The molecule has 9 nitrogen and oxygen atoms in total. The number of carbonyl (C=O) groups is 4. The summed E-state index contributed by atoms with van der Waals surface area (Å²) in [5, 5.41) is 43.6. The number of hydrogen-bond donors (Lipinski definition) is 5. The highest BCUT2D eigenvalue weighted by Gasteiger charge is 2.24. The molecule has 2 aromatic carbocycles. The van der Waals surface area contributed by atoms with E-state index in [1.807, 2.05) is 6.07 Å². The van der Waals surface area contributed by atoms with Gasteiger partial charge in [-0.05, 0) is 24.3 Å². The van der Waals surface area contributed by atoms with Gasteiger partial charge in [-0.15, -0.1) is 0 Å². The predicted octanol–water partition coefficient (Wildman–Crippen LogP) is 1.87. The number of rotatable bonds is 4. The molecular formula is C16H12O9. The van der Waals surface area contributed by atoms with Crippen LogP contribution in [0.2, 0.25) is 0 Å².